The molecule has 0 fully saturated rings. The molecule has 0 radical (unpaired) electrons. The van der Waals surface area contributed by atoms with Crippen LogP contribution in [-0.2, 0) is 7.05 Å². The molecule has 1 heterocycles. The molecule has 0 unspecified atom stereocenters. The molecule has 0 saturated carbocycles. The van der Waals surface area contributed by atoms with Crippen LogP contribution >= 0.6 is 11.6 Å². The van der Waals surface area contributed by atoms with Crippen LogP contribution in [0.25, 0.3) is 0 Å². The lowest BCUT2D eigenvalue weighted by atomic mass is 10.2. The van der Waals surface area contributed by atoms with E-state index in [4.69, 9.17) is 17.3 Å². The quantitative estimate of drug-likeness (QED) is 0.859. The Bertz CT molecular complexity index is 652. The van der Waals surface area contributed by atoms with Gasteiger partial charge >= 0.3 is 5.69 Å². The smallest absolute Gasteiger partial charge is 0.365 e. The van der Waals surface area contributed by atoms with E-state index in [0.717, 1.165) is 15.9 Å². The summed E-state index contributed by atoms with van der Waals surface area (Å²) in [6.07, 6.45) is 0. The van der Waals surface area contributed by atoms with E-state index in [-0.39, 0.29) is 5.82 Å². The van der Waals surface area contributed by atoms with Crippen molar-refractivity contribution in [3.8, 4) is 0 Å². The lowest BCUT2D eigenvalue weighted by molar-refractivity contribution is 0.683. The molecule has 2 aromatic rings. The number of halogens is 1. The molecule has 0 amide bonds. The molecule has 0 spiro atoms. The molecular weight excluding hydrogens is 254 g/mol. The number of nitrogens with one attached hydrogen (secondary N) is 1. The zero-order valence-electron chi connectivity index (χ0n) is 9.94. The summed E-state index contributed by atoms with van der Waals surface area (Å²) >= 11 is 6.01. The van der Waals surface area contributed by atoms with Gasteiger partial charge in [-0.2, -0.15) is 4.98 Å². The van der Waals surface area contributed by atoms with Crippen LogP contribution in [0, 0.1) is 6.92 Å². The van der Waals surface area contributed by atoms with Gasteiger partial charge in [0.15, 0.2) is 11.6 Å². The van der Waals surface area contributed by atoms with E-state index in [1.807, 2.05) is 19.1 Å². The van der Waals surface area contributed by atoms with Gasteiger partial charge in [-0.3, -0.25) is 0 Å². The van der Waals surface area contributed by atoms with E-state index in [2.05, 4.69) is 15.4 Å². The van der Waals surface area contributed by atoms with Gasteiger partial charge in [-0.25, -0.2) is 9.48 Å². The van der Waals surface area contributed by atoms with E-state index in [0.29, 0.717) is 10.8 Å². The predicted octanol–water partition coefficient (Wildman–Crippen LogP) is 1.46. The van der Waals surface area contributed by atoms with Crippen LogP contribution in [-0.4, -0.2) is 14.8 Å². The summed E-state index contributed by atoms with van der Waals surface area (Å²) < 4.78 is 1.11. The number of benzene rings is 1. The molecule has 1 aromatic carbocycles. The number of nitrogens with zero attached hydrogens (tertiary/aromatic N) is 3. The van der Waals surface area contributed by atoms with Crippen LogP contribution in [0.1, 0.15) is 5.56 Å². The third kappa shape index (κ3) is 2.28. The van der Waals surface area contributed by atoms with Gasteiger partial charge in [-0.1, -0.05) is 17.7 Å². The Morgan fingerprint density at radius 2 is 2.17 bits per heavy atom. The number of rotatable bonds is 2. The standard InChI is InChI=1S/C11H12ClN5O/c1-6-7(12)4-3-5-8(6)14-10-9(13)15-11(18)17(2)16-10/h3-5H,1-2H3,(H,14,16)(H2,13,15,18). The topological polar surface area (TPSA) is 85.8 Å². The average molecular weight is 266 g/mol. The highest BCUT2D eigenvalue weighted by Gasteiger charge is 2.08. The van der Waals surface area contributed by atoms with Crippen LogP contribution in [0.4, 0.5) is 17.3 Å². The van der Waals surface area contributed by atoms with E-state index >= 15 is 0 Å². The number of anilines is 3. The highest BCUT2D eigenvalue weighted by atomic mass is 35.5. The third-order valence-electron chi connectivity index (χ3n) is 2.51. The monoisotopic (exact) mass is 265 g/mol. The zero-order valence-corrected chi connectivity index (χ0v) is 10.7. The summed E-state index contributed by atoms with van der Waals surface area (Å²) in [6.45, 7) is 1.87. The molecule has 0 aliphatic rings. The first-order valence-corrected chi connectivity index (χ1v) is 5.60. The Labute approximate surface area is 108 Å². The first-order valence-electron chi connectivity index (χ1n) is 5.22. The second kappa shape index (κ2) is 4.66. The first kappa shape index (κ1) is 12.4. The van der Waals surface area contributed by atoms with Crippen molar-refractivity contribution in [1.29, 1.82) is 0 Å². The van der Waals surface area contributed by atoms with Crippen molar-refractivity contribution in [2.45, 2.75) is 6.92 Å². The van der Waals surface area contributed by atoms with Crippen LogP contribution < -0.4 is 16.7 Å². The maximum absolute atomic E-state index is 11.2. The van der Waals surface area contributed by atoms with Gasteiger partial charge in [0.25, 0.3) is 0 Å². The van der Waals surface area contributed by atoms with Gasteiger partial charge in [0.2, 0.25) is 0 Å². The molecule has 1 aromatic heterocycles. The van der Waals surface area contributed by atoms with Gasteiger partial charge in [0.1, 0.15) is 0 Å². The predicted molar refractivity (Wildman–Crippen MR) is 71.2 cm³/mol. The highest BCUT2D eigenvalue weighted by molar-refractivity contribution is 6.31. The summed E-state index contributed by atoms with van der Waals surface area (Å²) in [5, 5.41) is 7.64. The average Bonchev–Trinajstić information content (AvgIpc) is 2.32. The SMILES string of the molecule is Cc1c(Cl)cccc1Nc1nn(C)c(=O)nc1N. The van der Waals surface area contributed by atoms with Crippen molar-refractivity contribution in [3.05, 3.63) is 39.3 Å². The number of hydrogen-bond acceptors (Lipinski definition) is 5. The van der Waals surface area contributed by atoms with Crippen molar-refractivity contribution in [1.82, 2.24) is 14.8 Å². The molecule has 0 atom stereocenters. The molecule has 6 nitrogen and oxygen atoms in total. The molecule has 0 bridgehead atoms. The number of aryl methyl sites for hydroxylation is 1. The summed E-state index contributed by atoms with van der Waals surface area (Å²) in [4.78, 5) is 14.9. The van der Waals surface area contributed by atoms with Crippen molar-refractivity contribution in [3.63, 3.8) is 0 Å². The number of aromatic nitrogens is 3. The largest absolute Gasteiger partial charge is 0.380 e. The molecule has 2 rings (SSSR count). The molecule has 94 valence electrons. The molecule has 3 N–H and O–H groups in total. The number of nitrogen functional groups attached to an aromatic ring is 1. The fourth-order valence-corrected chi connectivity index (χ4v) is 1.61. The maximum atomic E-state index is 11.2. The fraction of sp³-hybridized carbons (Fsp3) is 0.182. The van der Waals surface area contributed by atoms with Gasteiger partial charge in [0, 0.05) is 17.8 Å². The van der Waals surface area contributed by atoms with E-state index in [1.165, 1.54) is 7.05 Å². The second-order valence-corrected chi connectivity index (χ2v) is 4.20. The highest BCUT2D eigenvalue weighted by Crippen LogP contribution is 2.26. The van der Waals surface area contributed by atoms with Crippen molar-refractivity contribution in [2.24, 2.45) is 7.05 Å². The molecule has 0 aliphatic carbocycles. The van der Waals surface area contributed by atoms with Gasteiger partial charge in [0.05, 0.1) is 0 Å². The summed E-state index contributed by atoms with van der Waals surface area (Å²) in [6, 6.07) is 5.44. The van der Waals surface area contributed by atoms with Crippen LogP contribution in [0.3, 0.4) is 0 Å². The summed E-state index contributed by atoms with van der Waals surface area (Å²) in [7, 11) is 1.50. The van der Waals surface area contributed by atoms with Crippen molar-refractivity contribution in [2.75, 3.05) is 11.1 Å². The lowest BCUT2D eigenvalue weighted by Crippen LogP contribution is -2.25. The minimum Gasteiger partial charge on any atom is -0.380 e. The van der Waals surface area contributed by atoms with Crippen LogP contribution in [0.2, 0.25) is 5.02 Å². The zero-order chi connectivity index (χ0) is 13.3. The van der Waals surface area contributed by atoms with Gasteiger partial charge in [-0.05, 0) is 24.6 Å². The Morgan fingerprint density at radius 3 is 2.89 bits per heavy atom. The second-order valence-electron chi connectivity index (χ2n) is 3.79. The lowest BCUT2D eigenvalue weighted by Gasteiger charge is -2.11. The van der Waals surface area contributed by atoms with E-state index in [1.54, 1.807) is 6.07 Å². The Balaban J connectivity index is 2.43. The summed E-state index contributed by atoms with van der Waals surface area (Å²) in [5.41, 5.74) is 6.78. The van der Waals surface area contributed by atoms with Gasteiger partial charge in [-0.15, -0.1) is 5.10 Å². The van der Waals surface area contributed by atoms with E-state index in [9.17, 15) is 4.79 Å². The van der Waals surface area contributed by atoms with Gasteiger partial charge < -0.3 is 11.1 Å². The van der Waals surface area contributed by atoms with Crippen LogP contribution in [0.15, 0.2) is 23.0 Å². The minimum atomic E-state index is -0.499. The Kier molecular flexibility index (Phi) is 3.20. The van der Waals surface area contributed by atoms with Crippen molar-refractivity contribution >= 4 is 28.9 Å². The molecule has 7 heteroatoms. The fourth-order valence-electron chi connectivity index (χ4n) is 1.43. The minimum absolute atomic E-state index is 0.0532. The summed E-state index contributed by atoms with van der Waals surface area (Å²) in [5.74, 6) is 0.375. The first-order chi connectivity index (χ1) is 8.49. The normalized spacial score (nSPS) is 10.4. The molecular formula is C11H12ClN5O. The number of hydrogen-bond donors (Lipinski definition) is 2. The Morgan fingerprint density at radius 1 is 1.44 bits per heavy atom. The van der Waals surface area contributed by atoms with E-state index < -0.39 is 5.69 Å². The van der Waals surface area contributed by atoms with Crippen molar-refractivity contribution < 1.29 is 0 Å². The maximum Gasteiger partial charge on any atom is 0.365 e. The number of nitrogens with two attached hydrogens (primary N) is 1. The molecule has 0 saturated heterocycles. The molecule has 0 aliphatic heterocycles. The molecule has 18 heavy (non-hydrogen) atoms. The third-order valence-corrected chi connectivity index (χ3v) is 2.92. The Hall–Kier alpha value is -2.08. The van der Waals surface area contributed by atoms with Crippen LogP contribution in [0.5, 0.6) is 0 Å².